The van der Waals surface area contributed by atoms with E-state index in [4.69, 9.17) is 15.0 Å². The van der Waals surface area contributed by atoms with Crippen LogP contribution in [0.2, 0.25) is 0 Å². The maximum Gasteiger partial charge on any atom is 0.164 e. The summed E-state index contributed by atoms with van der Waals surface area (Å²) in [7, 11) is 0. The monoisotopic (exact) mass is 739 g/mol. The third-order valence-corrected chi connectivity index (χ3v) is 11.5. The van der Waals surface area contributed by atoms with E-state index < -0.39 is 0 Å². The van der Waals surface area contributed by atoms with Crippen molar-refractivity contribution in [1.82, 2.24) is 23.9 Å². The van der Waals surface area contributed by atoms with Crippen LogP contribution < -0.4 is 0 Å². The van der Waals surface area contributed by atoms with Crippen LogP contribution in [0, 0.1) is 0 Å². The summed E-state index contributed by atoms with van der Waals surface area (Å²) in [5, 5.41) is 7.54. The molecule has 5 heteroatoms. The molecule has 0 bridgehead atoms. The van der Waals surface area contributed by atoms with Crippen molar-refractivity contribution in [2.75, 3.05) is 0 Å². The van der Waals surface area contributed by atoms with Gasteiger partial charge in [0.2, 0.25) is 0 Å². The first kappa shape index (κ1) is 32.4. The van der Waals surface area contributed by atoms with Gasteiger partial charge in [-0.15, -0.1) is 0 Å². The van der Waals surface area contributed by atoms with Crippen LogP contribution >= 0.6 is 0 Å². The molecule has 8 aromatic carbocycles. The van der Waals surface area contributed by atoms with Crippen molar-refractivity contribution in [3.05, 3.63) is 200 Å². The molecule has 0 aliphatic heterocycles. The Morgan fingerprint density at radius 3 is 1.47 bits per heavy atom. The molecule has 58 heavy (non-hydrogen) atoms. The van der Waals surface area contributed by atoms with Crippen molar-refractivity contribution in [3.63, 3.8) is 0 Å². The molecule has 0 spiro atoms. The molecule has 0 unspecified atom stereocenters. The summed E-state index contributed by atoms with van der Waals surface area (Å²) >= 11 is 0. The van der Waals surface area contributed by atoms with E-state index >= 15 is 0 Å². The molecule has 0 saturated heterocycles. The summed E-state index contributed by atoms with van der Waals surface area (Å²) in [6.45, 7) is 0. The van der Waals surface area contributed by atoms with Crippen LogP contribution in [-0.2, 0) is 0 Å². The zero-order valence-corrected chi connectivity index (χ0v) is 31.3. The highest BCUT2D eigenvalue weighted by Gasteiger charge is 2.20. The van der Waals surface area contributed by atoms with E-state index in [2.05, 4.69) is 148 Å². The van der Waals surface area contributed by atoms with Gasteiger partial charge in [0.05, 0.1) is 27.6 Å². The van der Waals surface area contributed by atoms with Crippen LogP contribution in [0.1, 0.15) is 0 Å². The van der Waals surface area contributed by atoms with Gasteiger partial charge in [-0.3, -0.25) is 0 Å². The molecule has 4 aromatic heterocycles. The number of rotatable bonds is 5. The lowest BCUT2D eigenvalue weighted by atomic mass is 10.0. The van der Waals surface area contributed by atoms with E-state index in [1.807, 2.05) is 60.7 Å². The molecule has 0 radical (unpaired) electrons. The zero-order valence-electron chi connectivity index (χ0n) is 31.3. The van der Waals surface area contributed by atoms with Crippen molar-refractivity contribution < 1.29 is 0 Å². The van der Waals surface area contributed by atoms with E-state index in [0.717, 1.165) is 33.5 Å². The molecule has 0 N–H and O–H groups in total. The molecule has 270 valence electrons. The van der Waals surface area contributed by atoms with Crippen molar-refractivity contribution >= 4 is 59.9 Å². The smallest absolute Gasteiger partial charge is 0.164 e. The molecule has 0 atom stereocenters. The topological polar surface area (TPSA) is 48.0 Å². The van der Waals surface area contributed by atoms with Crippen LogP contribution in [0.4, 0.5) is 0 Å². The van der Waals surface area contributed by atoms with Crippen LogP contribution in [0.3, 0.4) is 0 Å². The maximum atomic E-state index is 5.01. The minimum Gasteiger partial charge on any atom is -0.309 e. The second kappa shape index (κ2) is 12.8. The first-order valence-corrected chi connectivity index (χ1v) is 19.6. The Morgan fingerprint density at radius 1 is 0.276 bits per heavy atom. The largest absolute Gasteiger partial charge is 0.309 e. The quantitative estimate of drug-likeness (QED) is 0.165. The Hall–Kier alpha value is -7.89. The lowest BCUT2D eigenvalue weighted by molar-refractivity contribution is 1.07. The Balaban J connectivity index is 1.03. The molecule has 0 aliphatic rings. The van der Waals surface area contributed by atoms with E-state index in [1.54, 1.807) is 0 Å². The zero-order chi connectivity index (χ0) is 38.2. The SMILES string of the molecule is c1ccc(-c2nc(-c3ccccc3)nc(-c3cccc(-c4cccc(-n5c6ccccc6c6c7cc8c9ccccc9c9ccccc9n8c7ccc65)c4)c3)n2)cc1. The van der Waals surface area contributed by atoms with Gasteiger partial charge >= 0.3 is 0 Å². The minimum atomic E-state index is 0.637. The Kier molecular flexibility index (Phi) is 7.16. The molecule has 4 heterocycles. The van der Waals surface area contributed by atoms with E-state index in [9.17, 15) is 0 Å². The number of nitrogens with zero attached hydrogens (tertiary/aromatic N) is 5. The number of aromatic nitrogens is 5. The van der Waals surface area contributed by atoms with Crippen LogP contribution in [0.5, 0.6) is 0 Å². The van der Waals surface area contributed by atoms with Gasteiger partial charge in [-0.25, -0.2) is 15.0 Å². The second-order valence-electron chi connectivity index (χ2n) is 14.8. The summed E-state index contributed by atoms with van der Waals surface area (Å²) < 4.78 is 4.87. The number of pyridine rings is 1. The number of fused-ring (bicyclic) bond motifs is 12. The fourth-order valence-corrected chi connectivity index (χ4v) is 8.92. The predicted octanol–water partition coefficient (Wildman–Crippen LogP) is 13.3. The average molecular weight is 740 g/mol. The third kappa shape index (κ3) is 5.00. The predicted molar refractivity (Wildman–Crippen MR) is 239 cm³/mol. The van der Waals surface area contributed by atoms with Crippen LogP contribution in [0.25, 0.3) is 111 Å². The molecule has 12 rings (SSSR count). The molecule has 0 aliphatic carbocycles. The summed E-state index contributed by atoms with van der Waals surface area (Å²) in [6, 6.07) is 71.0. The van der Waals surface area contributed by atoms with Crippen LogP contribution in [-0.4, -0.2) is 23.9 Å². The number of hydrogen-bond donors (Lipinski definition) is 0. The summed E-state index contributed by atoms with van der Waals surface area (Å²) in [5.74, 6) is 1.93. The lowest BCUT2D eigenvalue weighted by Gasteiger charge is -2.12. The summed E-state index contributed by atoms with van der Waals surface area (Å²) in [6.07, 6.45) is 0. The first-order valence-electron chi connectivity index (χ1n) is 19.6. The van der Waals surface area contributed by atoms with Gasteiger partial charge in [0.1, 0.15) is 0 Å². The molecule has 12 aromatic rings. The van der Waals surface area contributed by atoms with Gasteiger partial charge in [0.25, 0.3) is 0 Å². The fraction of sp³-hybridized carbons (Fsp3) is 0. The van der Waals surface area contributed by atoms with Gasteiger partial charge in [-0.2, -0.15) is 0 Å². The molecule has 0 amide bonds. The highest BCUT2D eigenvalue weighted by atomic mass is 15.0. The van der Waals surface area contributed by atoms with Crippen molar-refractivity contribution in [2.45, 2.75) is 0 Å². The van der Waals surface area contributed by atoms with Crippen molar-refractivity contribution in [3.8, 4) is 51.0 Å². The fourth-order valence-electron chi connectivity index (χ4n) is 8.92. The van der Waals surface area contributed by atoms with E-state index in [1.165, 1.54) is 59.9 Å². The van der Waals surface area contributed by atoms with E-state index in [0.29, 0.717) is 17.5 Å². The van der Waals surface area contributed by atoms with Gasteiger partial charge in [0.15, 0.2) is 17.5 Å². The highest BCUT2D eigenvalue weighted by molar-refractivity contribution is 6.25. The average Bonchev–Trinajstić information content (AvgIpc) is 3.87. The minimum absolute atomic E-state index is 0.637. The number of hydrogen-bond acceptors (Lipinski definition) is 3. The van der Waals surface area contributed by atoms with Crippen molar-refractivity contribution in [2.24, 2.45) is 0 Å². The number of para-hydroxylation sites is 2. The van der Waals surface area contributed by atoms with Gasteiger partial charge in [-0.05, 0) is 65.0 Å². The van der Waals surface area contributed by atoms with Gasteiger partial charge in [0, 0.05) is 49.3 Å². The highest BCUT2D eigenvalue weighted by Crippen LogP contribution is 2.41. The van der Waals surface area contributed by atoms with E-state index in [-0.39, 0.29) is 0 Å². The second-order valence-corrected chi connectivity index (χ2v) is 14.8. The molecule has 0 fully saturated rings. The molecule has 0 saturated carbocycles. The molecular weight excluding hydrogens is 707 g/mol. The maximum absolute atomic E-state index is 5.01. The Bertz CT molecular complexity index is 3510. The first-order chi connectivity index (χ1) is 28.8. The molecule has 5 nitrogen and oxygen atoms in total. The Morgan fingerprint density at radius 2 is 0.759 bits per heavy atom. The van der Waals surface area contributed by atoms with Gasteiger partial charge < -0.3 is 8.97 Å². The Labute approximate surface area is 333 Å². The van der Waals surface area contributed by atoms with Crippen molar-refractivity contribution in [1.29, 1.82) is 0 Å². The lowest BCUT2D eigenvalue weighted by Crippen LogP contribution is -2.00. The summed E-state index contributed by atoms with van der Waals surface area (Å²) in [4.78, 5) is 14.9. The third-order valence-electron chi connectivity index (χ3n) is 11.5. The summed E-state index contributed by atoms with van der Waals surface area (Å²) in [5.41, 5.74) is 12.1. The number of benzene rings is 8. The molecular formula is C53H33N5. The standard InChI is InChI=1S/C53H33N5/c1-3-15-34(16-4-1)51-54-52(35-17-5-2-6-18-35)56-53(55-51)38-21-13-19-36(31-38)37-20-14-22-39(32-37)57-46-28-12-10-26-43(46)50-44-33-49-42-25-8-7-23-40(42)41-24-9-11-27-45(41)58(49)47(44)29-30-48(50)57/h1-33H. The van der Waals surface area contributed by atoms with Gasteiger partial charge in [-0.1, -0.05) is 152 Å². The van der Waals surface area contributed by atoms with Crippen LogP contribution in [0.15, 0.2) is 200 Å². The normalized spacial score (nSPS) is 11.8.